The number of allylic oxidation sites excluding steroid dienone is 1. The summed E-state index contributed by atoms with van der Waals surface area (Å²) in [7, 11) is 0. The van der Waals surface area contributed by atoms with Crippen molar-refractivity contribution in [2.24, 2.45) is 34.0 Å². The minimum absolute atomic E-state index is 0.0672. The number of carbonyl (C=O) groups is 1. The molecule has 1 spiro atoms. The van der Waals surface area contributed by atoms with E-state index >= 15 is 0 Å². The second kappa shape index (κ2) is 4.92. The molecule has 4 aliphatic rings. The molecule has 0 amide bonds. The molecule has 23 heavy (non-hydrogen) atoms. The first-order valence-electron chi connectivity index (χ1n) is 9.36. The van der Waals surface area contributed by atoms with Crippen LogP contribution in [0.4, 0.5) is 0 Å². The van der Waals surface area contributed by atoms with Crippen LogP contribution in [0.25, 0.3) is 0 Å². The topological polar surface area (TPSA) is 57.5 Å². The lowest BCUT2D eigenvalue weighted by atomic mass is 9.40. The third-order valence-electron chi connectivity index (χ3n) is 8.43. The van der Waals surface area contributed by atoms with Crippen molar-refractivity contribution >= 4 is 6.29 Å². The quantitative estimate of drug-likeness (QED) is 0.769. The van der Waals surface area contributed by atoms with E-state index in [0.29, 0.717) is 17.8 Å². The van der Waals surface area contributed by atoms with Crippen LogP contribution in [0.1, 0.15) is 58.8 Å². The standard InChI is InChI=1S/C20H30O3/c1-18(12-22)6-3-7-19(2)15-5-4-13-9-20(15,10-14(13)11-21)17(23)8-16(18)19/h10-11,13,15-17,22-23H,3-9,12H2,1-2H3. The molecule has 3 nitrogen and oxygen atoms in total. The van der Waals surface area contributed by atoms with Gasteiger partial charge >= 0.3 is 0 Å². The zero-order valence-electron chi connectivity index (χ0n) is 14.4. The number of aliphatic hydroxyl groups is 2. The summed E-state index contributed by atoms with van der Waals surface area (Å²) in [4.78, 5) is 11.5. The summed E-state index contributed by atoms with van der Waals surface area (Å²) in [5.41, 5.74) is 0.865. The van der Waals surface area contributed by atoms with Gasteiger partial charge in [0.25, 0.3) is 0 Å². The van der Waals surface area contributed by atoms with E-state index in [1.807, 2.05) is 0 Å². The fraction of sp³-hybridized carbons (Fsp3) is 0.850. The summed E-state index contributed by atoms with van der Waals surface area (Å²) in [6.07, 6.45) is 10.2. The van der Waals surface area contributed by atoms with E-state index in [0.717, 1.165) is 44.0 Å². The minimum Gasteiger partial charge on any atom is -0.396 e. The molecule has 0 radical (unpaired) electrons. The van der Waals surface area contributed by atoms with Crippen molar-refractivity contribution in [3.05, 3.63) is 11.6 Å². The Hall–Kier alpha value is -0.670. The summed E-state index contributed by atoms with van der Waals surface area (Å²) in [5.74, 6) is 1.19. The van der Waals surface area contributed by atoms with Crippen LogP contribution in [0.3, 0.4) is 0 Å². The van der Waals surface area contributed by atoms with Gasteiger partial charge in [0.2, 0.25) is 0 Å². The predicted octanol–water partition coefficient (Wildman–Crippen LogP) is 3.10. The highest BCUT2D eigenvalue weighted by molar-refractivity contribution is 5.75. The Balaban J connectivity index is 1.80. The summed E-state index contributed by atoms with van der Waals surface area (Å²) < 4.78 is 0. The average Bonchev–Trinajstić information content (AvgIpc) is 2.82. The van der Waals surface area contributed by atoms with Crippen molar-refractivity contribution in [2.45, 2.75) is 64.9 Å². The molecule has 4 aliphatic carbocycles. The average molecular weight is 318 g/mol. The van der Waals surface area contributed by atoms with E-state index in [9.17, 15) is 15.0 Å². The zero-order chi connectivity index (χ0) is 16.5. The van der Waals surface area contributed by atoms with E-state index in [2.05, 4.69) is 19.9 Å². The predicted molar refractivity (Wildman–Crippen MR) is 88.7 cm³/mol. The lowest BCUT2D eigenvalue weighted by Gasteiger charge is -2.65. The van der Waals surface area contributed by atoms with Gasteiger partial charge in [0, 0.05) is 12.0 Å². The molecule has 7 unspecified atom stereocenters. The number of rotatable bonds is 2. The maximum atomic E-state index is 11.5. The van der Waals surface area contributed by atoms with Gasteiger partial charge in [-0.2, -0.15) is 0 Å². The third-order valence-corrected chi connectivity index (χ3v) is 8.43. The highest BCUT2D eigenvalue weighted by atomic mass is 16.3. The van der Waals surface area contributed by atoms with Gasteiger partial charge in [0.15, 0.2) is 0 Å². The molecular formula is C20H30O3. The Bertz CT molecular complexity index is 555. The number of carbonyl (C=O) groups excluding carboxylic acids is 1. The molecule has 4 rings (SSSR count). The van der Waals surface area contributed by atoms with Crippen LogP contribution in [-0.2, 0) is 4.79 Å². The zero-order valence-corrected chi connectivity index (χ0v) is 14.4. The monoisotopic (exact) mass is 318 g/mol. The first-order chi connectivity index (χ1) is 10.9. The molecule has 0 aromatic rings. The molecule has 0 heterocycles. The van der Waals surface area contributed by atoms with Crippen molar-refractivity contribution < 1.29 is 15.0 Å². The highest BCUT2D eigenvalue weighted by Crippen LogP contribution is 2.70. The van der Waals surface area contributed by atoms with Gasteiger partial charge in [0.05, 0.1) is 6.10 Å². The lowest BCUT2D eigenvalue weighted by Crippen LogP contribution is -2.61. The molecular weight excluding hydrogens is 288 g/mol. The van der Waals surface area contributed by atoms with Crippen LogP contribution in [-0.4, -0.2) is 29.2 Å². The van der Waals surface area contributed by atoms with Gasteiger partial charge in [-0.15, -0.1) is 0 Å². The largest absolute Gasteiger partial charge is 0.396 e. The molecule has 2 N–H and O–H groups in total. The number of aldehydes is 1. The first kappa shape index (κ1) is 15.8. The van der Waals surface area contributed by atoms with Gasteiger partial charge in [0.1, 0.15) is 6.29 Å². The van der Waals surface area contributed by atoms with Crippen molar-refractivity contribution in [1.29, 1.82) is 0 Å². The number of fused-ring (bicyclic) bond motifs is 3. The van der Waals surface area contributed by atoms with E-state index in [1.54, 1.807) is 0 Å². The van der Waals surface area contributed by atoms with Crippen LogP contribution in [0, 0.1) is 34.0 Å². The molecule has 128 valence electrons. The van der Waals surface area contributed by atoms with Crippen LogP contribution < -0.4 is 0 Å². The van der Waals surface area contributed by atoms with Crippen LogP contribution >= 0.6 is 0 Å². The van der Waals surface area contributed by atoms with Crippen LogP contribution in [0.15, 0.2) is 11.6 Å². The Labute approximate surface area is 139 Å². The maximum Gasteiger partial charge on any atom is 0.146 e. The van der Waals surface area contributed by atoms with Gasteiger partial charge < -0.3 is 10.2 Å². The minimum atomic E-state index is -0.366. The third kappa shape index (κ3) is 1.87. The lowest BCUT2D eigenvalue weighted by molar-refractivity contribution is -0.193. The van der Waals surface area contributed by atoms with Gasteiger partial charge in [-0.05, 0) is 72.7 Å². The smallest absolute Gasteiger partial charge is 0.146 e. The second-order valence-corrected chi connectivity index (χ2v) is 9.38. The molecule has 2 bridgehead atoms. The van der Waals surface area contributed by atoms with E-state index in [1.165, 1.54) is 12.8 Å². The van der Waals surface area contributed by atoms with E-state index in [4.69, 9.17) is 0 Å². The molecule has 0 aromatic heterocycles. The fourth-order valence-corrected chi connectivity index (χ4v) is 7.34. The van der Waals surface area contributed by atoms with Crippen molar-refractivity contribution in [3.63, 3.8) is 0 Å². The first-order valence-corrected chi connectivity index (χ1v) is 9.36. The Morgan fingerprint density at radius 1 is 1.26 bits per heavy atom. The second-order valence-electron chi connectivity index (χ2n) is 9.38. The molecule has 3 heteroatoms. The normalized spacial score (nSPS) is 54.9. The van der Waals surface area contributed by atoms with Crippen LogP contribution in [0.5, 0.6) is 0 Å². The fourth-order valence-electron chi connectivity index (χ4n) is 7.34. The van der Waals surface area contributed by atoms with Crippen LogP contribution in [0.2, 0.25) is 0 Å². The van der Waals surface area contributed by atoms with E-state index in [-0.39, 0.29) is 29.0 Å². The summed E-state index contributed by atoms with van der Waals surface area (Å²) in [5, 5.41) is 21.2. The molecule has 0 saturated heterocycles. The van der Waals surface area contributed by atoms with E-state index < -0.39 is 0 Å². The Morgan fingerprint density at radius 3 is 2.74 bits per heavy atom. The Morgan fingerprint density at radius 2 is 2.04 bits per heavy atom. The number of hydrogen-bond donors (Lipinski definition) is 2. The summed E-state index contributed by atoms with van der Waals surface area (Å²) in [6.45, 7) is 4.85. The van der Waals surface area contributed by atoms with Crippen molar-refractivity contribution in [1.82, 2.24) is 0 Å². The summed E-state index contributed by atoms with van der Waals surface area (Å²) in [6, 6.07) is 0. The van der Waals surface area contributed by atoms with Crippen molar-refractivity contribution in [3.8, 4) is 0 Å². The Kier molecular flexibility index (Phi) is 3.39. The SMILES string of the molecule is CC1(CO)CCCC2(C)C1CC(O)C13C=C(C=O)C(CCC21)C3. The molecule has 0 aliphatic heterocycles. The molecule has 0 aromatic carbocycles. The number of hydrogen-bond acceptors (Lipinski definition) is 3. The van der Waals surface area contributed by atoms with Gasteiger partial charge in [-0.25, -0.2) is 0 Å². The maximum absolute atomic E-state index is 11.5. The molecule has 3 fully saturated rings. The van der Waals surface area contributed by atoms with Gasteiger partial charge in [-0.1, -0.05) is 26.3 Å². The van der Waals surface area contributed by atoms with Crippen molar-refractivity contribution in [2.75, 3.05) is 6.61 Å². The number of aliphatic hydroxyl groups excluding tert-OH is 2. The van der Waals surface area contributed by atoms with Gasteiger partial charge in [-0.3, -0.25) is 4.79 Å². The summed E-state index contributed by atoms with van der Waals surface area (Å²) >= 11 is 0. The highest BCUT2D eigenvalue weighted by Gasteiger charge is 2.65. The molecule has 3 saturated carbocycles. The molecule has 7 atom stereocenters.